The fraction of sp³-hybridized carbons (Fsp3) is 0.600. The van der Waals surface area contributed by atoms with Crippen molar-refractivity contribution in [2.45, 2.75) is 26.5 Å². The van der Waals surface area contributed by atoms with Crippen molar-refractivity contribution in [2.75, 3.05) is 13.6 Å². The largest absolute Gasteiger partial charge is 0.390 e. The van der Waals surface area contributed by atoms with Gasteiger partial charge in [-0.05, 0) is 36.8 Å². The van der Waals surface area contributed by atoms with E-state index in [0.717, 1.165) is 10.2 Å². The highest BCUT2D eigenvalue weighted by molar-refractivity contribution is 9.10. The van der Waals surface area contributed by atoms with Gasteiger partial charge in [-0.1, -0.05) is 0 Å². The van der Waals surface area contributed by atoms with E-state index in [4.69, 9.17) is 0 Å². The summed E-state index contributed by atoms with van der Waals surface area (Å²) >= 11 is 3.37. The summed E-state index contributed by atoms with van der Waals surface area (Å²) in [6, 6.07) is 0. The Morgan fingerprint density at radius 2 is 2.19 bits per heavy atom. The fourth-order valence-electron chi connectivity index (χ4n) is 1.50. The summed E-state index contributed by atoms with van der Waals surface area (Å²) < 4.78 is 2.28. The summed E-state index contributed by atoms with van der Waals surface area (Å²) in [7, 11) is 1.75. The molecule has 0 bridgehead atoms. The zero-order chi connectivity index (χ0) is 12.3. The van der Waals surface area contributed by atoms with E-state index in [1.807, 2.05) is 6.92 Å². The maximum absolute atomic E-state index is 11.7. The maximum atomic E-state index is 11.7. The fourth-order valence-corrected chi connectivity index (χ4v) is 1.81. The first-order chi connectivity index (χ1) is 7.47. The molecule has 0 saturated heterocycles. The van der Waals surface area contributed by atoms with E-state index in [9.17, 15) is 9.90 Å². The van der Waals surface area contributed by atoms with Crippen molar-refractivity contribution in [1.29, 1.82) is 0 Å². The molecule has 5 nitrogen and oxygen atoms in total. The molecule has 0 saturated carbocycles. The summed E-state index contributed by atoms with van der Waals surface area (Å²) in [5.74, 6) is 0. The molecule has 6 heteroatoms. The van der Waals surface area contributed by atoms with E-state index in [2.05, 4.69) is 26.2 Å². The molecule has 0 spiro atoms. The molecule has 1 rings (SSSR count). The molecule has 0 aliphatic heterocycles. The molecule has 2 N–H and O–H groups in total. The number of likely N-dealkylation sites (N-methyl/N-ethyl adjacent to an activating group) is 1. The van der Waals surface area contributed by atoms with Gasteiger partial charge in [0.25, 0.3) is 0 Å². The van der Waals surface area contributed by atoms with E-state index in [1.165, 1.54) is 4.57 Å². The highest BCUT2D eigenvalue weighted by Gasteiger charge is 2.12. The zero-order valence-electron chi connectivity index (χ0n) is 9.62. The van der Waals surface area contributed by atoms with Gasteiger partial charge >= 0.3 is 5.69 Å². The Hall–Kier alpha value is -0.720. The van der Waals surface area contributed by atoms with E-state index in [1.54, 1.807) is 14.0 Å². The van der Waals surface area contributed by atoms with Crippen molar-refractivity contribution < 1.29 is 5.11 Å². The average Bonchev–Trinajstić information content (AvgIpc) is 2.22. The van der Waals surface area contributed by atoms with E-state index < -0.39 is 6.10 Å². The second-order valence-corrected chi connectivity index (χ2v) is 4.49. The number of hydrogen-bond donors (Lipinski definition) is 2. The van der Waals surface area contributed by atoms with Crippen LogP contribution in [0.25, 0.3) is 0 Å². The number of aromatic nitrogens is 2. The molecule has 0 amide bonds. The monoisotopic (exact) mass is 289 g/mol. The normalized spacial score (nSPS) is 12.8. The van der Waals surface area contributed by atoms with Crippen LogP contribution in [0.5, 0.6) is 0 Å². The quantitative estimate of drug-likeness (QED) is 0.831. The smallest absolute Gasteiger partial charge is 0.348 e. The minimum atomic E-state index is -0.599. The molecule has 1 unspecified atom stereocenters. The number of aliphatic hydroxyl groups is 1. The number of rotatable bonds is 4. The maximum Gasteiger partial charge on any atom is 0.348 e. The van der Waals surface area contributed by atoms with Crippen LogP contribution in [0.2, 0.25) is 0 Å². The summed E-state index contributed by atoms with van der Waals surface area (Å²) in [6.45, 7) is 4.29. The lowest BCUT2D eigenvalue weighted by atomic mass is 10.3. The van der Waals surface area contributed by atoms with Gasteiger partial charge in [0.2, 0.25) is 0 Å². The highest BCUT2D eigenvalue weighted by Crippen LogP contribution is 2.16. The molecule has 1 atom stereocenters. The van der Waals surface area contributed by atoms with E-state index in [0.29, 0.717) is 12.2 Å². The van der Waals surface area contributed by atoms with Gasteiger partial charge in [0.1, 0.15) is 0 Å². The van der Waals surface area contributed by atoms with Crippen LogP contribution in [0.3, 0.4) is 0 Å². The topological polar surface area (TPSA) is 67.2 Å². The third-order valence-corrected chi connectivity index (χ3v) is 3.52. The number of halogens is 1. The molecule has 0 fully saturated rings. The van der Waals surface area contributed by atoms with Crippen LogP contribution in [0, 0.1) is 13.8 Å². The Bertz CT molecular complexity index is 431. The van der Waals surface area contributed by atoms with Crippen LogP contribution < -0.4 is 11.0 Å². The SMILES string of the molecule is CNCC(O)Cn1c(C)c(Br)c(C)nc1=O. The second kappa shape index (κ2) is 5.56. The summed E-state index contributed by atoms with van der Waals surface area (Å²) in [5, 5.41) is 12.5. The van der Waals surface area contributed by atoms with Crippen molar-refractivity contribution in [2.24, 2.45) is 0 Å². The van der Waals surface area contributed by atoms with Crippen molar-refractivity contribution in [3.05, 3.63) is 26.3 Å². The lowest BCUT2D eigenvalue weighted by Crippen LogP contribution is -2.35. The van der Waals surface area contributed by atoms with Gasteiger partial charge in [0.15, 0.2) is 0 Å². The molecule has 0 aromatic carbocycles. The van der Waals surface area contributed by atoms with Crippen LogP contribution in [-0.2, 0) is 6.54 Å². The lowest BCUT2D eigenvalue weighted by molar-refractivity contribution is 0.151. The number of nitrogens with one attached hydrogen (secondary N) is 1. The molecular formula is C10H16BrN3O2. The predicted molar refractivity (Wildman–Crippen MR) is 65.6 cm³/mol. The average molecular weight is 290 g/mol. The molecule has 1 aromatic rings. The van der Waals surface area contributed by atoms with Gasteiger partial charge in [0, 0.05) is 12.2 Å². The first-order valence-electron chi connectivity index (χ1n) is 5.03. The van der Waals surface area contributed by atoms with Gasteiger partial charge in [-0.3, -0.25) is 4.57 Å². The van der Waals surface area contributed by atoms with Crippen molar-refractivity contribution in [3.63, 3.8) is 0 Å². The molecule has 0 radical (unpaired) electrons. The third-order valence-electron chi connectivity index (χ3n) is 2.37. The molecule has 0 aliphatic rings. The van der Waals surface area contributed by atoms with Gasteiger partial charge in [0.05, 0.1) is 22.8 Å². The van der Waals surface area contributed by atoms with E-state index in [-0.39, 0.29) is 12.2 Å². The lowest BCUT2D eigenvalue weighted by Gasteiger charge is -2.15. The Morgan fingerprint density at radius 1 is 1.56 bits per heavy atom. The number of nitrogens with zero attached hydrogens (tertiary/aromatic N) is 2. The third kappa shape index (κ3) is 2.90. The Morgan fingerprint density at radius 3 is 2.75 bits per heavy atom. The van der Waals surface area contributed by atoms with Crippen LogP contribution in [0.4, 0.5) is 0 Å². The predicted octanol–water partition coefficient (Wildman–Crippen LogP) is 0.203. The van der Waals surface area contributed by atoms with Gasteiger partial charge in [-0.25, -0.2) is 4.79 Å². The minimum absolute atomic E-state index is 0.247. The van der Waals surface area contributed by atoms with Crippen LogP contribution in [0.15, 0.2) is 9.27 Å². The first kappa shape index (κ1) is 13.3. The Kier molecular flexibility index (Phi) is 4.64. The summed E-state index contributed by atoms with van der Waals surface area (Å²) in [5.41, 5.74) is 1.13. The van der Waals surface area contributed by atoms with Crippen LogP contribution >= 0.6 is 15.9 Å². The number of aliphatic hydroxyl groups excluding tert-OH is 1. The first-order valence-corrected chi connectivity index (χ1v) is 5.83. The van der Waals surface area contributed by atoms with Gasteiger partial charge < -0.3 is 10.4 Å². The number of hydrogen-bond acceptors (Lipinski definition) is 4. The Balaban J connectivity index is 3.05. The molecule has 1 heterocycles. The van der Waals surface area contributed by atoms with Crippen molar-refractivity contribution in [3.8, 4) is 0 Å². The number of aryl methyl sites for hydroxylation is 1. The minimum Gasteiger partial charge on any atom is -0.390 e. The van der Waals surface area contributed by atoms with Gasteiger partial charge in [-0.2, -0.15) is 4.98 Å². The standard InChI is InChI=1S/C10H16BrN3O2/c1-6-9(11)7(2)14(10(16)13-6)5-8(15)4-12-3/h8,12,15H,4-5H2,1-3H3. The molecule has 1 aromatic heterocycles. The highest BCUT2D eigenvalue weighted by atomic mass is 79.9. The van der Waals surface area contributed by atoms with Crippen molar-refractivity contribution in [1.82, 2.24) is 14.9 Å². The molecule has 16 heavy (non-hydrogen) atoms. The van der Waals surface area contributed by atoms with Crippen molar-refractivity contribution >= 4 is 15.9 Å². The summed E-state index contributed by atoms with van der Waals surface area (Å²) in [4.78, 5) is 15.5. The molecule has 90 valence electrons. The molecular weight excluding hydrogens is 274 g/mol. The van der Waals surface area contributed by atoms with Crippen LogP contribution in [0.1, 0.15) is 11.4 Å². The van der Waals surface area contributed by atoms with Gasteiger partial charge in [-0.15, -0.1) is 0 Å². The van der Waals surface area contributed by atoms with Crippen LogP contribution in [-0.4, -0.2) is 34.4 Å². The summed E-state index contributed by atoms with van der Waals surface area (Å²) in [6.07, 6.45) is -0.599. The second-order valence-electron chi connectivity index (χ2n) is 3.70. The molecule has 0 aliphatic carbocycles. The van der Waals surface area contributed by atoms with E-state index >= 15 is 0 Å². The zero-order valence-corrected chi connectivity index (χ0v) is 11.2. The Labute approximate surface area is 103 Å².